The van der Waals surface area contributed by atoms with E-state index in [2.05, 4.69) is 15.2 Å². The Morgan fingerprint density at radius 2 is 1.96 bits per heavy atom. The fourth-order valence-electron chi connectivity index (χ4n) is 3.70. The van der Waals surface area contributed by atoms with Crippen LogP contribution >= 0.6 is 0 Å². The lowest BCUT2D eigenvalue weighted by molar-refractivity contribution is 0.0936. The summed E-state index contributed by atoms with van der Waals surface area (Å²) in [6.07, 6.45) is 4.04. The number of aromatic nitrogens is 1. The van der Waals surface area contributed by atoms with Crippen molar-refractivity contribution in [3.8, 4) is 0 Å². The molecule has 3 heterocycles. The second-order valence-corrected chi connectivity index (χ2v) is 6.85. The molecule has 1 saturated heterocycles. The minimum absolute atomic E-state index is 0.118. The van der Waals surface area contributed by atoms with Crippen molar-refractivity contribution in [3.05, 3.63) is 59.5 Å². The molecule has 1 atom stereocenters. The average Bonchev–Trinajstić information content (AvgIpc) is 3.30. The van der Waals surface area contributed by atoms with Crippen LogP contribution in [0.2, 0.25) is 0 Å². The van der Waals surface area contributed by atoms with Gasteiger partial charge in [-0.2, -0.15) is 0 Å². The molecule has 1 aliphatic heterocycles. The fraction of sp³-hybridized carbons (Fsp3) is 0.333. The molecule has 3 aromatic rings. The number of hydrogen-bond donors (Lipinski definition) is 1. The number of amides is 1. The van der Waals surface area contributed by atoms with Crippen LogP contribution in [-0.4, -0.2) is 24.0 Å². The van der Waals surface area contributed by atoms with Crippen LogP contribution < -0.4 is 10.2 Å². The third-order valence-corrected chi connectivity index (χ3v) is 5.06. The van der Waals surface area contributed by atoms with Gasteiger partial charge < -0.3 is 14.6 Å². The molecule has 0 aliphatic carbocycles. The predicted octanol–water partition coefficient (Wildman–Crippen LogP) is 4.23. The third-order valence-electron chi connectivity index (χ3n) is 5.06. The zero-order valence-electron chi connectivity index (χ0n) is 15.2. The summed E-state index contributed by atoms with van der Waals surface area (Å²) in [6, 6.07) is 11.4. The molecule has 0 radical (unpaired) electrons. The van der Waals surface area contributed by atoms with Gasteiger partial charge >= 0.3 is 0 Å². The maximum absolute atomic E-state index is 12.9. The van der Waals surface area contributed by atoms with Crippen LogP contribution in [0.15, 0.2) is 47.0 Å². The topological polar surface area (TPSA) is 58.4 Å². The number of carbonyl (C=O) groups excluding carboxylic acids is 1. The summed E-state index contributed by atoms with van der Waals surface area (Å²) in [4.78, 5) is 19.6. The van der Waals surface area contributed by atoms with E-state index in [4.69, 9.17) is 4.42 Å². The number of nitrogens with one attached hydrogen (secondary N) is 1. The van der Waals surface area contributed by atoms with Gasteiger partial charge in [-0.3, -0.25) is 4.79 Å². The highest BCUT2D eigenvalue weighted by Gasteiger charge is 2.23. The van der Waals surface area contributed by atoms with Crippen LogP contribution in [0.4, 0.5) is 5.82 Å². The van der Waals surface area contributed by atoms with Gasteiger partial charge in [0.25, 0.3) is 5.91 Å². The second kappa shape index (κ2) is 6.83. The highest BCUT2D eigenvalue weighted by atomic mass is 16.3. The van der Waals surface area contributed by atoms with E-state index in [1.165, 1.54) is 0 Å². The lowest BCUT2D eigenvalue weighted by Gasteiger charge is -2.20. The molecule has 1 aliphatic rings. The van der Waals surface area contributed by atoms with Gasteiger partial charge in [-0.1, -0.05) is 18.2 Å². The quantitative estimate of drug-likeness (QED) is 0.766. The molecule has 5 nitrogen and oxygen atoms in total. The molecule has 1 aromatic carbocycles. The van der Waals surface area contributed by atoms with Crippen molar-refractivity contribution in [2.24, 2.45) is 0 Å². The molecular weight excluding hydrogens is 326 g/mol. The van der Waals surface area contributed by atoms with Crippen LogP contribution in [0.5, 0.6) is 0 Å². The minimum atomic E-state index is -0.221. The lowest BCUT2D eigenvalue weighted by atomic mass is 10.1. The van der Waals surface area contributed by atoms with Gasteiger partial charge in [0, 0.05) is 30.2 Å². The molecule has 1 N–H and O–H groups in total. The highest BCUT2D eigenvalue weighted by molar-refractivity contribution is 5.99. The first-order valence-electron chi connectivity index (χ1n) is 9.14. The van der Waals surface area contributed by atoms with Crippen LogP contribution in [0.25, 0.3) is 11.0 Å². The van der Waals surface area contributed by atoms with E-state index >= 15 is 0 Å². The van der Waals surface area contributed by atoms with E-state index in [-0.39, 0.29) is 11.9 Å². The van der Waals surface area contributed by atoms with Gasteiger partial charge in [-0.15, -0.1) is 0 Å². The summed E-state index contributed by atoms with van der Waals surface area (Å²) >= 11 is 0. The first-order chi connectivity index (χ1) is 12.6. The predicted molar refractivity (Wildman–Crippen MR) is 103 cm³/mol. The van der Waals surface area contributed by atoms with Crippen molar-refractivity contribution in [1.82, 2.24) is 10.3 Å². The number of anilines is 1. The molecule has 26 heavy (non-hydrogen) atoms. The molecule has 0 saturated carbocycles. The number of nitrogens with zero attached hydrogens (tertiary/aromatic N) is 2. The van der Waals surface area contributed by atoms with Gasteiger partial charge in [0.2, 0.25) is 0 Å². The molecular formula is C21H23N3O2. The monoisotopic (exact) mass is 349 g/mol. The summed E-state index contributed by atoms with van der Waals surface area (Å²) in [5.74, 6) is 1.45. The van der Waals surface area contributed by atoms with E-state index in [1.807, 2.05) is 50.2 Å². The van der Waals surface area contributed by atoms with E-state index in [0.29, 0.717) is 5.56 Å². The Morgan fingerprint density at radius 1 is 1.19 bits per heavy atom. The first kappa shape index (κ1) is 16.6. The molecule has 1 fully saturated rings. The Hall–Kier alpha value is -2.82. The number of para-hydroxylation sites is 1. The smallest absolute Gasteiger partial charge is 0.255 e. The second-order valence-electron chi connectivity index (χ2n) is 6.85. The normalized spacial score (nSPS) is 15.4. The minimum Gasteiger partial charge on any atom is -0.459 e. The molecule has 5 heteroatoms. The van der Waals surface area contributed by atoms with Crippen molar-refractivity contribution < 1.29 is 9.21 Å². The van der Waals surface area contributed by atoms with Gasteiger partial charge in [0.15, 0.2) is 0 Å². The number of aryl methyl sites for hydroxylation is 1. The number of pyridine rings is 1. The zero-order chi connectivity index (χ0) is 18.1. The van der Waals surface area contributed by atoms with Gasteiger partial charge in [-0.05, 0) is 44.9 Å². The van der Waals surface area contributed by atoms with Crippen molar-refractivity contribution in [2.75, 3.05) is 18.0 Å². The third kappa shape index (κ3) is 2.94. The standard InChI is InChI=1S/C21H23N3O2/c1-14-16-8-3-4-10-18(16)26-19(14)15(2)23-21(25)17-9-7-11-22-20(17)24-12-5-6-13-24/h3-4,7-11,15H,5-6,12-13H2,1-2H3,(H,23,25). The van der Waals surface area contributed by atoms with Crippen LogP contribution in [0.1, 0.15) is 47.5 Å². The van der Waals surface area contributed by atoms with Gasteiger partial charge in [0.05, 0.1) is 11.6 Å². The van der Waals surface area contributed by atoms with Crippen LogP contribution in [0, 0.1) is 6.92 Å². The van der Waals surface area contributed by atoms with E-state index in [1.54, 1.807) is 6.20 Å². The van der Waals surface area contributed by atoms with E-state index < -0.39 is 0 Å². The Kier molecular flexibility index (Phi) is 4.37. The molecule has 0 spiro atoms. The largest absolute Gasteiger partial charge is 0.459 e. The zero-order valence-corrected chi connectivity index (χ0v) is 15.2. The Labute approximate surface area is 153 Å². The van der Waals surface area contributed by atoms with Crippen LogP contribution in [0.3, 0.4) is 0 Å². The van der Waals surface area contributed by atoms with Gasteiger partial charge in [0.1, 0.15) is 17.2 Å². The van der Waals surface area contributed by atoms with Crippen molar-refractivity contribution >= 4 is 22.7 Å². The SMILES string of the molecule is Cc1c(C(C)NC(=O)c2cccnc2N2CCCC2)oc2ccccc12. The van der Waals surface area contributed by atoms with Gasteiger partial charge in [-0.25, -0.2) is 4.98 Å². The Bertz CT molecular complexity index is 941. The van der Waals surface area contributed by atoms with E-state index in [0.717, 1.165) is 54.0 Å². The number of benzene rings is 1. The first-order valence-corrected chi connectivity index (χ1v) is 9.14. The van der Waals surface area contributed by atoms with Crippen molar-refractivity contribution in [3.63, 3.8) is 0 Å². The van der Waals surface area contributed by atoms with Crippen molar-refractivity contribution in [1.29, 1.82) is 0 Å². The summed E-state index contributed by atoms with van der Waals surface area (Å²) in [5, 5.41) is 4.16. The number of hydrogen-bond acceptors (Lipinski definition) is 4. The van der Waals surface area contributed by atoms with Crippen LogP contribution in [-0.2, 0) is 0 Å². The summed E-state index contributed by atoms with van der Waals surface area (Å²) in [7, 11) is 0. The maximum Gasteiger partial charge on any atom is 0.255 e. The van der Waals surface area contributed by atoms with Crippen molar-refractivity contribution in [2.45, 2.75) is 32.7 Å². The molecule has 1 unspecified atom stereocenters. The highest BCUT2D eigenvalue weighted by Crippen LogP contribution is 2.30. The Balaban J connectivity index is 1.59. The lowest BCUT2D eigenvalue weighted by Crippen LogP contribution is -2.30. The number of rotatable bonds is 4. The number of furan rings is 1. The summed E-state index contributed by atoms with van der Waals surface area (Å²) < 4.78 is 5.99. The molecule has 1 amide bonds. The number of carbonyl (C=O) groups is 1. The molecule has 0 bridgehead atoms. The molecule has 2 aromatic heterocycles. The fourth-order valence-corrected chi connectivity index (χ4v) is 3.70. The maximum atomic E-state index is 12.9. The van der Waals surface area contributed by atoms with E-state index in [9.17, 15) is 4.79 Å². The molecule has 134 valence electrons. The summed E-state index contributed by atoms with van der Waals surface area (Å²) in [5.41, 5.74) is 2.54. The summed E-state index contributed by atoms with van der Waals surface area (Å²) in [6.45, 7) is 5.89. The average molecular weight is 349 g/mol. The molecule has 4 rings (SSSR count). The number of fused-ring (bicyclic) bond motifs is 1. The Morgan fingerprint density at radius 3 is 2.73 bits per heavy atom.